The summed E-state index contributed by atoms with van der Waals surface area (Å²) in [7, 11) is 1.00. The van der Waals surface area contributed by atoms with E-state index in [9.17, 15) is 0 Å². The Kier molecular flexibility index (Phi) is 82.0. The first-order valence-corrected chi connectivity index (χ1v) is 8.45. The van der Waals surface area contributed by atoms with E-state index < -0.39 is 0 Å². The van der Waals surface area contributed by atoms with Crippen molar-refractivity contribution in [3.63, 3.8) is 0 Å². The predicted molar refractivity (Wildman–Crippen MR) is 107 cm³/mol. The quantitative estimate of drug-likeness (QED) is 0.478. The summed E-state index contributed by atoms with van der Waals surface area (Å²) < 4.78 is 0. The van der Waals surface area contributed by atoms with Gasteiger partial charge in [-0.2, -0.15) is 0 Å². The van der Waals surface area contributed by atoms with Gasteiger partial charge in [0.1, 0.15) is 0 Å². The highest BCUT2D eigenvalue weighted by atomic mass is 16.3. The van der Waals surface area contributed by atoms with Gasteiger partial charge in [0.05, 0.1) is 0 Å². The Labute approximate surface area is 147 Å². The molecule has 0 aliphatic carbocycles. The molecule has 23 heavy (non-hydrogen) atoms. The maximum atomic E-state index is 8.36. The molecule has 1 aliphatic heterocycles. The van der Waals surface area contributed by atoms with Crippen LogP contribution >= 0.6 is 0 Å². The molecule has 0 spiro atoms. The molecule has 1 heterocycles. The van der Waals surface area contributed by atoms with Crippen LogP contribution in [-0.4, -0.2) is 36.4 Å². The van der Waals surface area contributed by atoms with Gasteiger partial charge < -0.3 is 15.5 Å². The van der Waals surface area contributed by atoms with E-state index in [0.717, 1.165) is 19.1 Å². The summed E-state index contributed by atoms with van der Waals surface area (Å²) in [5.74, 6) is 0.877. The molecular weight excluding hydrogens is 290 g/mol. The fourth-order valence-electron chi connectivity index (χ4n) is 1.54. The molecule has 0 saturated carbocycles. The van der Waals surface area contributed by atoms with E-state index in [1.807, 2.05) is 34.6 Å². The van der Waals surface area contributed by atoms with Crippen LogP contribution in [0.2, 0.25) is 0 Å². The van der Waals surface area contributed by atoms with Gasteiger partial charge in [0, 0.05) is 13.2 Å². The third-order valence-electron chi connectivity index (χ3n) is 2.25. The highest BCUT2D eigenvalue weighted by Crippen LogP contribution is 2.13. The van der Waals surface area contributed by atoms with Crippen molar-refractivity contribution in [2.45, 2.75) is 87.6 Å². The molecule has 146 valence electrons. The number of carbonyl (C=O) groups is 1. The summed E-state index contributed by atoms with van der Waals surface area (Å²) in [6.45, 7) is 18.9. The van der Waals surface area contributed by atoms with E-state index >= 15 is 0 Å². The molecule has 0 aromatic heterocycles. The molecule has 0 aromatic carbocycles. The fraction of sp³-hybridized carbons (Fsp3) is 0.842. The lowest BCUT2D eigenvalue weighted by Gasteiger charge is -2.10. The van der Waals surface area contributed by atoms with Gasteiger partial charge in [0.2, 0.25) is 0 Å². The smallest absolute Gasteiger partial charge is 0.290 e. The van der Waals surface area contributed by atoms with Crippen LogP contribution < -0.4 is 5.32 Å². The van der Waals surface area contributed by atoms with Crippen molar-refractivity contribution in [2.24, 2.45) is 5.92 Å². The Morgan fingerprint density at radius 3 is 1.78 bits per heavy atom. The molecule has 4 heteroatoms. The van der Waals surface area contributed by atoms with E-state index in [1.165, 1.54) is 32.2 Å². The molecule has 0 amide bonds. The molecule has 1 saturated heterocycles. The molecule has 1 fully saturated rings. The molecule has 0 aromatic rings. The first kappa shape index (κ1) is 38.0. The van der Waals surface area contributed by atoms with Gasteiger partial charge in [-0.1, -0.05) is 55.0 Å². The van der Waals surface area contributed by atoms with E-state index in [4.69, 9.17) is 15.0 Å². The molecule has 1 aliphatic rings. The van der Waals surface area contributed by atoms with Gasteiger partial charge in [0.15, 0.2) is 0 Å². The van der Waals surface area contributed by atoms with Crippen molar-refractivity contribution in [2.75, 3.05) is 13.7 Å². The van der Waals surface area contributed by atoms with Gasteiger partial charge in [-0.3, -0.25) is 4.79 Å². The number of nitrogens with one attached hydrogen (secondary N) is 1. The summed E-state index contributed by atoms with van der Waals surface area (Å²) in [5, 5.41) is 17.4. The average molecular weight is 338 g/mol. The van der Waals surface area contributed by atoms with Crippen LogP contribution in [0.3, 0.4) is 0 Å². The largest absolute Gasteiger partial charge is 0.483 e. The highest BCUT2D eigenvalue weighted by molar-refractivity contribution is 5.32. The van der Waals surface area contributed by atoms with Crippen molar-refractivity contribution < 1.29 is 15.0 Å². The number of carboxylic acid groups (broad SMARTS) is 1. The zero-order valence-corrected chi connectivity index (χ0v) is 16.4. The van der Waals surface area contributed by atoms with E-state index in [0.29, 0.717) is 0 Å². The number of allylic oxidation sites excluding steroid dienone is 1. The maximum absolute atomic E-state index is 8.36. The Hall–Kier alpha value is -0.870. The van der Waals surface area contributed by atoms with Gasteiger partial charge in [-0.25, -0.2) is 0 Å². The summed E-state index contributed by atoms with van der Waals surface area (Å²) in [6, 6.07) is 0.849. The normalized spacial score (nSPS) is 13.2. The van der Waals surface area contributed by atoms with Crippen molar-refractivity contribution in [3.05, 3.63) is 12.7 Å². The third kappa shape index (κ3) is 62.4. The van der Waals surface area contributed by atoms with Crippen molar-refractivity contribution in [1.29, 1.82) is 0 Å². The number of aliphatic hydroxyl groups is 1. The number of aliphatic hydroxyl groups excluding tert-OH is 1. The van der Waals surface area contributed by atoms with Crippen molar-refractivity contribution in [3.8, 4) is 0 Å². The Morgan fingerprint density at radius 1 is 1.22 bits per heavy atom. The first-order chi connectivity index (χ1) is 10.6. The second-order valence-corrected chi connectivity index (χ2v) is 4.28. The van der Waals surface area contributed by atoms with Crippen LogP contribution in [-0.2, 0) is 4.79 Å². The minimum Gasteiger partial charge on any atom is -0.483 e. The zero-order valence-electron chi connectivity index (χ0n) is 16.4. The van der Waals surface area contributed by atoms with Crippen molar-refractivity contribution in [1.82, 2.24) is 5.32 Å². The van der Waals surface area contributed by atoms with Crippen LogP contribution in [0.25, 0.3) is 0 Å². The Bertz CT molecular complexity index is 151. The summed E-state index contributed by atoms with van der Waals surface area (Å²) >= 11 is 0. The van der Waals surface area contributed by atoms with Crippen LogP contribution in [0, 0.1) is 5.92 Å². The average Bonchev–Trinajstić information content (AvgIpc) is 3.06. The molecule has 3 N–H and O–H groups in total. The molecule has 0 bridgehead atoms. The monoisotopic (exact) mass is 337 g/mol. The maximum Gasteiger partial charge on any atom is 0.290 e. The van der Waals surface area contributed by atoms with Gasteiger partial charge in [-0.15, -0.1) is 6.58 Å². The predicted octanol–water partition coefficient (Wildman–Crippen LogP) is 5.36. The lowest BCUT2D eigenvalue weighted by Crippen LogP contribution is -2.21. The minimum atomic E-state index is -0.250. The Morgan fingerprint density at radius 2 is 1.57 bits per heavy atom. The molecule has 0 radical (unpaired) electrons. The van der Waals surface area contributed by atoms with Crippen LogP contribution in [0.5, 0.6) is 0 Å². The van der Waals surface area contributed by atoms with Crippen molar-refractivity contribution >= 4 is 6.47 Å². The fourth-order valence-corrected chi connectivity index (χ4v) is 1.54. The molecule has 1 rings (SSSR count). The third-order valence-corrected chi connectivity index (χ3v) is 2.25. The lowest BCUT2D eigenvalue weighted by molar-refractivity contribution is -0.122. The molecule has 4 nitrogen and oxygen atoms in total. The molecular formula is C19H47NO3. The summed E-state index contributed by atoms with van der Waals surface area (Å²) in [5.41, 5.74) is 0. The zero-order chi connectivity index (χ0) is 18.8. The van der Waals surface area contributed by atoms with Crippen LogP contribution in [0.1, 0.15) is 81.6 Å². The summed E-state index contributed by atoms with van der Waals surface area (Å²) in [6.07, 6.45) is 7.32. The van der Waals surface area contributed by atoms with Gasteiger partial charge in [-0.05, 0) is 45.1 Å². The van der Waals surface area contributed by atoms with E-state index in [1.54, 1.807) is 6.08 Å². The van der Waals surface area contributed by atoms with Gasteiger partial charge >= 0.3 is 0 Å². The standard InChI is InChI=1S/C9H19N.C3H6.2C2H6.CH2O2.CH4O.CH4/c1-8(2)5-6-9-4-3-7-10-9;1-3-2;2*1-2;2-1-3;1-2;/h8-10H,3-7H2,1-2H3;3H,1H2,2H3;2*1-2H3;1H,(H,2,3);2H,1H3;1H4. The molecule has 1 unspecified atom stereocenters. The number of hydrogen-bond donors (Lipinski definition) is 3. The first-order valence-electron chi connectivity index (χ1n) is 8.45. The summed E-state index contributed by atoms with van der Waals surface area (Å²) in [4.78, 5) is 8.36. The second-order valence-electron chi connectivity index (χ2n) is 4.28. The highest BCUT2D eigenvalue weighted by Gasteiger charge is 2.13. The van der Waals surface area contributed by atoms with E-state index in [2.05, 4.69) is 25.7 Å². The van der Waals surface area contributed by atoms with Gasteiger partial charge in [0.25, 0.3) is 6.47 Å². The SMILES string of the molecule is C.C=CC.CC.CC.CC(C)CCC1CCCN1.CO.O=CO. The topological polar surface area (TPSA) is 69.6 Å². The minimum absolute atomic E-state index is 0. The second kappa shape index (κ2) is 49.7. The Balaban J connectivity index is -0.0000000473. The van der Waals surface area contributed by atoms with Crippen LogP contribution in [0.15, 0.2) is 12.7 Å². The number of hydrogen-bond acceptors (Lipinski definition) is 3. The van der Waals surface area contributed by atoms with Crippen LogP contribution in [0.4, 0.5) is 0 Å². The number of rotatable bonds is 3. The lowest BCUT2D eigenvalue weighted by atomic mass is 10.0. The molecule has 1 atom stereocenters. The van der Waals surface area contributed by atoms with E-state index in [-0.39, 0.29) is 13.9 Å².